The number of unbranched alkanes of at least 4 members (excludes halogenated alkanes) is 2. The third kappa shape index (κ3) is 4.71. The zero-order chi connectivity index (χ0) is 15.1. The van der Waals surface area contributed by atoms with Crippen LogP contribution < -0.4 is 5.32 Å². The molecule has 0 saturated carbocycles. The van der Waals surface area contributed by atoms with Gasteiger partial charge < -0.3 is 14.8 Å². The number of carboxylic acid groups (broad SMARTS) is 1. The minimum absolute atomic E-state index is 0.163. The summed E-state index contributed by atoms with van der Waals surface area (Å²) in [5.41, 5.74) is 0. The van der Waals surface area contributed by atoms with Crippen molar-refractivity contribution in [1.82, 2.24) is 10.3 Å². The van der Waals surface area contributed by atoms with E-state index < -0.39 is 5.97 Å². The Kier molecular flexibility index (Phi) is 5.51. The van der Waals surface area contributed by atoms with E-state index in [1.165, 1.54) is 17.5 Å². The Hall–Kier alpha value is -2.15. The SMILES string of the molecule is O=C(O)CCCCCNC(=O)c1cnc(-c2ccco2)s1. The molecule has 7 heteroatoms. The molecule has 21 heavy (non-hydrogen) atoms. The Balaban J connectivity index is 1.73. The molecule has 0 aliphatic carbocycles. The van der Waals surface area contributed by atoms with Crippen molar-refractivity contribution in [3.05, 3.63) is 29.5 Å². The van der Waals surface area contributed by atoms with E-state index in [1.54, 1.807) is 18.4 Å². The second-order valence-electron chi connectivity index (χ2n) is 4.47. The first kappa shape index (κ1) is 15.2. The Bertz CT molecular complexity index is 592. The molecule has 2 N–H and O–H groups in total. The molecule has 0 unspecified atom stereocenters. The van der Waals surface area contributed by atoms with Crippen LogP contribution in [0.3, 0.4) is 0 Å². The van der Waals surface area contributed by atoms with Gasteiger partial charge in [0, 0.05) is 13.0 Å². The Morgan fingerprint density at radius 3 is 2.90 bits per heavy atom. The van der Waals surface area contributed by atoms with Crippen LogP contribution in [-0.4, -0.2) is 28.5 Å². The average Bonchev–Trinajstić information content (AvgIpc) is 3.11. The van der Waals surface area contributed by atoms with Gasteiger partial charge in [-0.2, -0.15) is 0 Å². The molecular formula is C14H16N2O4S. The summed E-state index contributed by atoms with van der Waals surface area (Å²) in [6.45, 7) is 0.534. The first-order valence-corrected chi connectivity index (χ1v) is 7.48. The number of nitrogens with one attached hydrogen (secondary N) is 1. The van der Waals surface area contributed by atoms with Gasteiger partial charge in [-0.25, -0.2) is 4.98 Å². The average molecular weight is 308 g/mol. The van der Waals surface area contributed by atoms with Gasteiger partial charge in [-0.3, -0.25) is 9.59 Å². The van der Waals surface area contributed by atoms with Crippen LogP contribution in [0.1, 0.15) is 35.4 Å². The molecule has 0 bridgehead atoms. The summed E-state index contributed by atoms with van der Waals surface area (Å²) in [5, 5.41) is 12.0. The van der Waals surface area contributed by atoms with E-state index in [0.29, 0.717) is 28.6 Å². The van der Waals surface area contributed by atoms with E-state index in [-0.39, 0.29) is 12.3 Å². The molecule has 2 heterocycles. The number of furan rings is 1. The third-order valence-electron chi connectivity index (χ3n) is 2.81. The number of thiazole rings is 1. The van der Waals surface area contributed by atoms with E-state index in [1.807, 2.05) is 0 Å². The van der Waals surface area contributed by atoms with Crippen LogP contribution in [0.2, 0.25) is 0 Å². The number of hydrogen-bond donors (Lipinski definition) is 2. The van der Waals surface area contributed by atoms with Crippen LogP contribution in [0.15, 0.2) is 29.0 Å². The van der Waals surface area contributed by atoms with E-state index in [4.69, 9.17) is 9.52 Å². The van der Waals surface area contributed by atoms with Crippen molar-refractivity contribution in [1.29, 1.82) is 0 Å². The van der Waals surface area contributed by atoms with Crippen LogP contribution >= 0.6 is 11.3 Å². The molecule has 1 amide bonds. The van der Waals surface area contributed by atoms with Gasteiger partial charge in [-0.05, 0) is 25.0 Å². The maximum absolute atomic E-state index is 11.9. The van der Waals surface area contributed by atoms with Gasteiger partial charge in [0.05, 0.1) is 12.5 Å². The number of rotatable bonds is 8. The molecule has 2 aromatic heterocycles. The predicted octanol–water partition coefficient (Wildman–Crippen LogP) is 2.78. The zero-order valence-corrected chi connectivity index (χ0v) is 12.2. The number of amides is 1. The van der Waals surface area contributed by atoms with Gasteiger partial charge in [-0.1, -0.05) is 6.42 Å². The largest absolute Gasteiger partial charge is 0.481 e. The summed E-state index contributed by atoms with van der Waals surface area (Å²) in [4.78, 5) is 26.9. The van der Waals surface area contributed by atoms with Gasteiger partial charge in [0.1, 0.15) is 4.88 Å². The van der Waals surface area contributed by atoms with Crippen molar-refractivity contribution in [3.63, 3.8) is 0 Å². The number of hydrogen-bond acceptors (Lipinski definition) is 5. The fourth-order valence-electron chi connectivity index (χ4n) is 1.76. The lowest BCUT2D eigenvalue weighted by atomic mass is 10.2. The third-order valence-corrected chi connectivity index (χ3v) is 3.83. The van der Waals surface area contributed by atoms with E-state index in [9.17, 15) is 9.59 Å². The number of carboxylic acids is 1. The summed E-state index contributed by atoms with van der Waals surface area (Å²) in [6, 6.07) is 3.57. The van der Waals surface area contributed by atoms with Crippen LogP contribution in [0.25, 0.3) is 10.8 Å². The highest BCUT2D eigenvalue weighted by molar-refractivity contribution is 7.16. The zero-order valence-electron chi connectivity index (χ0n) is 11.4. The minimum atomic E-state index is -0.783. The van der Waals surface area contributed by atoms with Crippen LogP contribution in [0, 0.1) is 0 Å². The summed E-state index contributed by atoms with van der Waals surface area (Å²) >= 11 is 1.28. The highest BCUT2D eigenvalue weighted by atomic mass is 32.1. The molecule has 112 valence electrons. The number of aromatic nitrogens is 1. The van der Waals surface area contributed by atoms with Crippen molar-refractivity contribution in [2.24, 2.45) is 0 Å². The summed E-state index contributed by atoms with van der Waals surface area (Å²) < 4.78 is 5.23. The van der Waals surface area contributed by atoms with Gasteiger partial charge in [0.2, 0.25) is 0 Å². The molecule has 0 aliphatic heterocycles. The van der Waals surface area contributed by atoms with Crippen molar-refractivity contribution >= 4 is 23.2 Å². The van der Waals surface area contributed by atoms with E-state index in [2.05, 4.69) is 10.3 Å². The lowest BCUT2D eigenvalue weighted by Crippen LogP contribution is -2.23. The van der Waals surface area contributed by atoms with Gasteiger partial charge in [0.25, 0.3) is 5.91 Å². The summed E-state index contributed by atoms with van der Waals surface area (Å²) in [6.07, 6.45) is 5.45. The normalized spacial score (nSPS) is 10.5. The number of aliphatic carboxylic acids is 1. The van der Waals surface area contributed by atoms with Crippen molar-refractivity contribution in [2.45, 2.75) is 25.7 Å². The Labute approximate surface area is 125 Å². The Morgan fingerprint density at radius 1 is 1.33 bits per heavy atom. The molecule has 0 aromatic carbocycles. The Morgan fingerprint density at radius 2 is 2.19 bits per heavy atom. The fraction of sp³-hybridized carbons (Fsp3) is 0.357. The predicted molar refractivity (Wildman–Crippen MR) is 78.3 cm³/mol. The second-order valence-corrected chi connectivity index (χ2v) is 5.50. The van der Waals surface area contributed by atoms with Gasteiger partial charge in [0.15, 0.2) is 10.8 Å². The van der Waals surface area contributed by atoms with Gasteiger partial charge >= 0.3 is 5.97 Å². The summed E-state index contributed by atoms with van der Waals surface area (Å²) in [7, 11) is 0. The first-order valence-electron chi connectivity index (χ1n) is 6.66. The van der Waals surface area contributed by atoms with Crippen molar-refractivity contribution < 1.29 is 19.1 Å². The lowest BCUT2D eigenvalue weighted by molar-refractivity contribution is -0.137. The molecule has 0 radical (unpaired) electrons. The van der Waals surface area contributed by atoms with Crippen molar-refractivity contribution in [2.75, 3.05) is 6.54 Å². The molecule has 0 saturated heterocycles. The summed E-state index contributed by atoms with van der Waals surface area (Å²) in [5.74, 6) is -0.301. The van der Waals surface area contributed by atoms with Crippen molar-refractivity contribution in [3.8, 4) is 10.8 Å². The molecule has 0 fully saturated rings. The molecule has 2 aromatic rings. The highest BCUT2D eigenvalue weighted by Crippen LogP contribution is 2.25. The van der Waals surface area contributed by atoms with Crippen LogP contribution in [0.5, 0.6) is 0 Å². The fourth-order valence-corrected chi connectivity index (χ4v) is 2.56. The minimum Gasteiger partial charge on any atom is -0.481 e. The molecule has 0 spiro atoms. The van der Waals surface area contributed by atoms with Gasteiger partial charge in [-0.15, -0.1) is 11.3 Å². The monoisotopic (exact) mass is 308 g/mol. The highest BCUT2D eigenvalue weighted by Gasteiger charge is 2.12. The molecular weight excluding hydrogens is 292 g/mol. The number of carbonyl (C=O) groups is 2. The number of nitrogens with zero attached hydrogens (tertiary/aromatic N) is 1. The van der Waals surface area contributed by atoms with Crippen LogP contribution in [-0.2, 0) is 4.79 Å². The van der Waals surface area contributed by atoms with E-state index in [0.717, 1.165) is 12.8 Å². The maximum atomic E-state index is 11.9. The lowest BCUT2D eigenvalue weighted by Gasteiger charge is -2.02. The topological polar surface area (TPSA) is 92.4 Å². The molecule has 0 atom stereocenters. The quantitative estimate of drug-likeness (QED) is 0.731. The maximum Gasteiger partial charge on any atom is 0.303 e. The first-order chi connectivity index (χ1) is 10.2. The molecule has 2 rings (SSSR count). The van der Waals surface area contributed by atoms with Crippen LogP contribution in [0.4, 0.5) is 0 Å². The second kappa shape index (κ2) is 7.58. The standard InChI is InChI=1S/C14H16N2O4S/c17-12(18)6-2-1-3-7-15-13(19)11-9-16-14(21-11)10-5-4-8-20-10/h4-5,8-9H,1-3,6-7H2,(H,15,19)(H,17,18). The number of carbonyl (C=O) groups excluding carboxylic acids is 1. The smallest absolute Gasteiger partial charge is 0.303 e. The molecule has 6 nitrogen and oxygen atoms in total. The molecule has 0 aliphatic rings. The van der Waals surface area contributed by atoms with E-state index >= 15 is 0 Å².